The average molecular weight is 313 g/mol. The van der Waals surface area contributed by atoms with Gasteiger partial charge in [-0.05, 0) is 18.1 Å². The highest BCUT2D eigenvalue weighted by molar-refractivity contribution is 6.31. The molecule has 114 valence electrons. The second-order valence-corrected chi connectivity index (χ2v) is 5.73. The van der Waals surface area contributed by atoms with Crippen LogP contribution in [-0.4, -0.2) is 29.3 Å². The zero-order valence-corrected chi connectivity index (χ0v) is 12.8. The van der Waals surface area contributed by atoms with Gasteiger partial charge in [-0.3, -0.25) is 9.59 Å². The van der Waals surface area contributed by atoms with Crippen molar-refractivity contribution >= 4 is 23.4 Å². The van der Waals surface area contributed by atoms with Crippen molar-refractivity contribution in [1.82, 2.24) is 10.2 Å². The first-order chi connectivity index (χ1) is 9.93. The lowest BCUT2D eigenvalue weighted by Gasteiger charge is -2.35. The Labute approximate surface area is 128 Å². The Morgan fingerprint density at radius 2 is 2.19 bits per heavy atom. The summed E-state index contributed by atoms with van der Waals surface area (Å²) in [6.07, 6.45) is 0.769. The predicted molar refractivity (Wildman–Crippen MR) is 78.2 cm³/mol. The molecule has 0 saturated carbocycles. The van der Waals surface area contributed by atoms with Crippen LogP contribution in [0, 0.1) is 11.7 Å². The molecule has 1 fully saturated rings. The first kappa shape index (κ1) is 15.8. The third-order valence-electron chi connectivity index (χ3n) is 3.85. The SMILES string of the molecule is CCC(C)C1NC(=O)CN(Cc2c(F)cccc2Cl)C1=O. The van der Waals surface area contributed by atoms with Crippen molar-refractivity contribution < 1.29 is 14.0 Å². The summed E-state index contributed by atoms with van der Waals surface area (Å²) in [5.41, 5.74) is 0.241. The van der Waals surface area contributed by atoms with E-state index in [0.29, 0.717) is 0 Å². The number of rotatable bonds is 4. The molecule has 2 unspecified atom stereocenters. The van der Waals surface area contributed by atoms with Gasteiger partial charge < -0.3 is 10.2 Å². The summed E-state index contributed by atoms with van der Waals surface area (Å²) < 4.78 is 13.8. The second kappa shape index (κ2) is 6.43. The van der Waals surface area contributed by atoms with Crippen LogP contribution in [0.1, 0.15) is 25.8 Å². The molecule has 1 N–H and O–H groups in total. The topological polar surface area (TPSA) is 49.4 Å². The summed E-state index contributed by atoms with van der Waals surface area (Å²) in [7, 11) is 0. The Morgan fingerprint density at radius 1 is 1.48 bits per heavy atom. The molecule has 6 heteroatoms. The lowest BCUT2D eigenvalue weighted by molar-refractivity contribution is -0.146. The molecular weight excluding hydrogens is 295 g/mol. The van der Waals surface area contributed by atoms with E-state index in [-0.39, 0.29) is 41.4 Å². The number of carbonyl (C=O) groups is 2. The lowest BCUT2D eigenvalue weighted by atomic mass is 9.96. The van der Waals surface area contributed by atoms with E-state index >= 15 is 0 Å². The highest BCUT2D eigenvalue weighted by Gasteiger charge is 2.35. The summed E-state index contributed by atoms with van der Waals surface area (Å²) in [5, 5.41) is 2.96. The fourth-order valence-electron chi connectivity index (χ4n) is 2.36. The van der Waals surface area contributed by atoms with Gasteiger partial charge in [0.1, 0.15) is 11.9 Å². The Bertz CT molecular complexity index is 544. The summed E-state index contributed by atoms with van der Waals surface area (Å²) in [6.45, 7) is 3.79. The fraction of sp³-hybridized carbons (Fsp3) is 0.467. The molecule has 1 saturated heterocycles. The van der Waals surface area contributed by atoms with Crippen LogP contribution >= 0.6 is 11.6 Å². The van der Waals surface area contributed by atoms with Gasteiger partial charge in [-0.15, -0.1) is 0 Å². The number of halogens is 2. The fourth-order valence-corrected chi connectivity index (χ4v) is 2.58. The molecule has 0 spiro atoms. The quantitative estimate of drug-likeness (QED) is 0.928. The zero-order valence-electron chi connectivity index (χ0n) is 12.0. The minimum Gasteiger partial charge on any atom is -0.342 e. The average Bonchev–Trinajstić information content (AvgIpc) is 2.45. The van der Waals surface area contributed by atoms with Crippen molar-refractivity contribution in [2.75, 3.05) is 6.54 Å². The molecule has 1 aromatic carbocycles. The molecule has 1 aliphatic heterocycles. The van der Waals surface area contributed by atoms with Crippen molar-refractivity contribution in [2.45, 2.75) is 32.9 Å². The monoisotopic (exact) mass is 312 g/mol. The van der Waals surface area contributed by atoms with Gasteiger partial charge in [-0.25, -0.2) is 4.39 Å². The van der Waals surface area contributed by atoms with Gasteiger partial charge in [0, 0.05) is 10.6 Å². The van der Waals surface area contributed by atoms with Crippen molar-refractivity contribution in [3.8, 4) is 0 Å². The standard InChI is InChI=1S/C15H18ClFN2O2/c1-3-9(2)14-15(21)19(8-13(20)18-14)7-10-11(16)5-4-6-12(10)17/h4-6,9,14H,3,7-8H2,1-2H3,(H,18,20). The van der Waals surface area contributed by atoms with E-state index in [2.05, 4.69) is 5.32 Å². The van der Waals surface area contributed by atoms with Gasteiger partial charge in [-0.1, -0.05) is 37.9 Å². The maximum absolute atomic E-state index is 13.8. The van der Waals surface area contributed by atoms with E-state index in [9.17, 15) is 14.0 Å². The maximum Gasteiger partial charge on any atom is 0.246 e. The largest absolute Gasteiger partial charge is 0.342 e. The van der Waals surface area contributed by atoms with Crippen molar-refractivity contribution in [3.05, 3.63) is 34.6 Å². The van der Waals surface area contributed by atoms with Crippen LogP contribution in [0.15, 0.2) is 18.2 Å². The number of nitrogens with one attached hydrogen (secondary N) is 1. The van der Waals surface area contributed by atoms with Gasteiger partial charge in [0.15, 0.2) is 0 Å². The van der Waals surface area contributed by atoms with Crippen LogP contribution in [0.2, 0.25) is 5.02 Å². The van der Waals surface area contributed by atoms with E-state index in [1.54, 1.807) is 6.07 Å². The summed E-state index contributed by atoms with van der Waals surface area (Å²) in [6, 6.07) is 3.82. The van der Waals surface area contributed by atoms with Gasteiger partial charge >= 0.3 is 0 Å². The van der Waals surface area contributed by atoms with Crippen molar-refractivity contribution in [1.29, 1.82) is 0 Å². The number of amides is 2. The second-order valence-electron chi connectivity index (χ2n) is 5.33. The number of carbonyl (C=O) groups excluding carboxylic acids is 2. The molecule has 0 aromatic heterocycles. The minimum absolute atomic E-state index is 0.00466. The van der Waals surface area contributed by atoms with Gasteiger partial charge in [0.05, 0.1) is 13.1 Å². The molecule has 4 nitrogen and oxygen atoms in total. The molecule has 2 rings (SSSR count). The normalized spacial score (nSPS) is 20.4. The Kier molecular flexibility index (Phi) is 4.83. The third-order valence-corrected chi connectivity index (χ3v) is 4.21. The first-order valence-corrected chi connectivity index (χ1v) is 7.32. The molecule has 1 heterocycles. The molecule has 2 amide bonds. The van der Waals surface area contributed by atoms with Crippen molar-refractivity contribution in [3.63, 3.8) is 0 Å². The molecule has 1 aromatic rings. The van der Waals surface area contributed by atoms with E-state index in [1.165, 1.54) is 17.0 Å². The summed E-state index contributed by atoms with van der Waals surface area (Å²) in [5.74, 6) is -0.864. The van der Waals surface area contributed by atoms with Crippen LogP contribution in [0.3, 0.4) is 0 Å². The highest BCUT2D eigenvalue weighted by atomic mass is 35.5. The van der Waals surface area contributed by atoms with Crippen LogP contribution in [0.4, 0.5) is 4.39 Å². The molecule has 0 aliphatic carbocycles. The molecule has 0 radical (unpaired) electrons. The van der Waals surface area contributed by atoms with Gasteiger partial charge in [-0.2, -0.15) is 0 Å². The molecule has 0 bridgehead atoms. The molecule has 2 atom stereocenters. The number of hydrogen-bond donors (Lipinski definition) is 1. The first-order valence-electron chi connectivity index (χ1n) is 6.95. The van der Waals surface area contributed by atoms with Crippen LogP contribution < -0.4 is 5.32 Å². The Morgan fingerprint density at radius 3 is 2.81 bits per heavy atom. The van der Waals surface area contributed by atoms with E-state index in [0.717, 1.165) is 6.42 Å². The number of nitrogens with zero attached hydrogens (tertiary/aromatic N) is 1. The van der Waals surface area contributed by atoms with Gasteiger partial charge in [0.25, 0.3) is 0 Å². The van der Waals surface area contributed by atoms with Crippen molar-refractivity contribution in [2.24, 2.45) is 5.92 Å². The predicted octanol–water partition coefficient (Wildman–Crippen LogP) is 2.35. The summed E-state index contributed by atoms with van der Waals surface area (Å²) >= 11 is 5.98. The molecule has 1 aliphatic rings. The molecule has 21 heavy (non-hydrogen) atoms. The Balaban J connectivity index is 2.22. The van der Waals surface area contributed by atoms with Crippen LogP contribution in [-0.2, 0) is 16.1 Å². The zero-order chi connectivity index (χ0) is 15.6. The highest BCUT2D eigenvalue weighted by Crippen LogP contribution is 2.23. The Hall–Kier alpha value is -1.62. The van der Waals surface area contributed by atoms with Crippen LogP contribution in [0.5, 0.6) is 0 Å². The minimum atomic E-state index is -0.554. The lowest BCUT2D eigenvalue weighted by Crippen LogP contribution is -2.59. The van der Waals surface area contributed by atoms with E-state index in [4.69, 9.17) is 11.6 Å². The maximum atomic E-state index is 13.8. The molecular formula is C15H18ClFN2O2. The number of benzene rings is 1. The number of piperazine rings is 1. The van der Waals surface area contributed by atoms with Gasteiger partial charge in [0.2, 0.25) is 11.8 Å². The summed E-state index contributed by atoms with van der Waals surface area (Å²) in [4.78, 5) is 25.6. The smallest absolute Gasteiger partial charge is 0.246 e. The number of hydrogen-bond acceptors (Lipinski definition) is 2. The third kappa shape index (κ3) is 3.35. The van der Waals surface area contributed by atoms with E-state index < -0.39 is 11.9 Å². The van der Waals surface area contributed by atoms with Crippen LogP contribution in [0.25, 0.3) is 0 Å². The van der Waals surface area contributed by atoms with E-state index in [1.807, 2.05) is 13.8 Å².